The third kappa shape index (κ3) is 1.68. The zero-order valence-electron chi connectivity index (χ0n) is 8.54. The third-order valence-corrected chi connectivity index (χ3v) is 2.67. The monoisotopic (exact) mass is 207 g/mol. The first-order valence-corrected chi connectivity index (χ1v) is 4.87. The molecule has 4 nitrogen and oxygen atoms in total. The molecule has 0 atom stereocenters. The lowest BCUT2D eigenvalue weighted by Crippen LogP contribution is -2.26. The highest BCUT2D eigenvalue weighted by atomic mass is 16.5. The molecule has 0 spiro atoms. The van der Waals surface area contributed by atoms with Crippen molar-refractivity contribution in [3.8, 4) is 5.75 Å². The van der Waals surface area contributed by atoms with Gasteiger partial charge in [0.2, 0.25) is 0 Å². The van der Waals surface area contributed by atoms with Crippen molar-refractivity contribution in [3.63, 3.8) is 0 Å². The van der Waals surface area contributed by atoms with Crippen LogP contribution in [0.5, 0.6) is 5.75 Å². The Morgan fingerprint density at radius 2 is 2.27 bits per heavy atom. The molecule has 1 aliphatic heterocycles. The topological polar surface area (TPSA) is 58.6 Å². The van der Waals surface area contributed by atoms with Gasteiger partial charge in [-0.15, -0.1) is 0 Å². The minimum absolute atomic E-state index is 0.263. The predicted octanol–water partition coefficient (Wildman–Crippen LogP) is 0.825. The summed E-state index contributed by atoms with van der Waals surface area (Å²) in [4.78, 5) is 11.5. The first-order chi connectivity index (χ1) is 7.24. The van der Waals surface area contributed by atoms with E-state index in [0.29, 0.717) is 12.1 Å². The number of phenolic OH excluding ortho intramolecular Hbond substituents is 1. The Kier molecular flexibility index (Phi) is 2.60. The Morgan fingerprint density at radius 3 is 3.00 bits per heavy atom. The molecule has 2 rings (SSSR count). The fourth-order valence-corrected chi connectivity index (χ4v) is 1.89. The van der Waals surface area contributed by atoms with E-state index in [9.17, 15) is 9.90 Å². The molecule has 0 amide bonds. The van der Waals surface area contributed by atoms with E-state index < -0.39 is 0 Å². The highest BCUT2D eigenvalue weighted by Gasteiger charge is 2.20. The molecule has 0 unspecified atom stereocenters. The van der Waals surface area contributed by atoms with Crippen LogP contribution < -0.4 is 5.32 Å². The highest BCUT2D eigenvalue weighted by Crippen LogP contribution is 2.27. The van der Waals surface area contributed by atoms with Gasteiger partial charge in [-0.1, -0.05) is 0 Å². The molecule has 0 saturated carbocycles. The first kappa shape index (κ1) is 9.98. The summed E-state index contributed by atoms with van der Waals surface area (Å²) in [5, 5.41) is 12.8. The number of hydrogen-bond acceptors (Lipinski definition) is 4. The van der Waals surface area contributed by atoms with Gasteiger partial charge in [0.05, 0.1) is 12.7 Å². The average molecular weight is 207 g/mol. The number of rotatable bonds is 1. The number of ether oxygens (including phenoxy) is 1. The summed E-state index contributed by atoms with van der Waals surface area (Å²) >= 11 is 0. The number of phenols is 1. The van der Waals surface area contributed by atoms with Crippen LogP contribution in [0.25, 0.3) is 0 Å². The summed E-state index contributed by atoms with van der Waals surface area (Å²) in [6, 6.07) is 3.16. The lowest BCUT2D eigenvalue weighted by Gasteiger charge is -2.20. The van der Waals surface area contributed by atoms with Crippen molar-refractivity contribution in [2.75, 3.05) is 13.7 Å². The van der Waals surface area contributed by atoms with Crippen LogP contribution in [-0.2, 0) is 17.7 Å². The van der Waals surface area contributed by atoms with E-state index in [2.05, 4.69) is 5.32 Å². The van der Waals surface area contributed by atoms with E-state index in [1.807, 2.05) is 0 Å². The summed E-state index contributed by atoms with van der Waals surface area (Å²) in [5.41, 5.74) is 2.25. The Balaban J connectivity index is 2.52. The summed E-state index contributed by atoms with van der Waals surface area (Å²) in [5.74, 6) is -0.0888. The van der Waals surface area contributed by atoms with Crippen molar-refractivity contribution in [2.45, 2.75) is 13.0 Å². The third-order valence-electron chi connectivity index (χ3n) is 2.67. The SMILES string of the molecule is COC(=O)c1ccc(O)c2c1CNCC2. The zero-order valence-corrected chi connectivity index (χ0v) is 8.54. The summed E-state index contributed by atoms with van der Waals surface area (Å²) in [6.07, 6.45) is 0.742. The lowest BCUT2D eigenvalue weighted by molar-refractivity contribution is 0.0599. The minimum Gasteiger partial charge on any atom is -0.508 e. The van der Waals surface area contributed by atoms with Crippen LogP contribution in [0.3, 0.4) is 0 Å². The molecular formula is C11H13NO3. The normalized spacial score (nSPS) is 14.5. The number of hydrogen-bond donors (Lipinski definition) is 2. The van der Waals surface area contributed by atoms with Crippen LogP contribution in [0.15, 0.2) is 12.1 Å². The largest absolute Gasteiger partial charge is 0.508 e. The number of aromatic hydroxyl groups is 1. The van der Waals surface area contributed by atoms with Crippen LogP contribution in [0.4, 0.5) is 0 Å². The second-order valence-corrected chi connectivity index (χ2v) is 3.51. The van der Waals surface area contributed by atoms with Crippen LogP contribution in [0.1, 0.15) is 21.5 Å². The number of nitrogens with one attached hydrogen (secondary N) is 1. The summed E-state index contributed by atoms with van der Waals surface area (Å²) in [7, 11) is 1.36. The summed E-state index contributed by atoms with van der Waals surface area (Å²) in [6.45, 7) is 1.43. The van der Waals surface area contributed by atoms with Gasteiger partial charge in [-0.2, -0.15) is 0 Å². The van der Waals surface area contributed by atoms with Gasteiger partial charge in [-0.05, 0) is 30.7 Å². The average Bonchev–Trinajstić information content (AvgIpc) is 2.29. The molecular weight excluding hydrogens is 194 g/mol. The summed E-state index contributed by atoms with van der Waals surface area (Å²) < 4.78 is 4.69. The fourth-order valence-electron chi connectivity index (χ4n) is 1.89. The molecule has 80 valence electrons. The number of esters is 1. The van der Waals surface area contributed by atoms with Crippen molar-refractivity contribution >= 4 is 5.97 Å². The molecule has 2 N–H and O–H groups in total. The van der Waals surface area contributed by atoms with E-state index in [1.54, 1.807) is 12.1 Å². The van der Waals surface area contributed by atoms with E-state index in [-0.39, 0.29) is 11.7 Å². The van der Waals surface area contributed by atoms with Gasteiger partial charge in [-0.25, -0.2) is 4.79 Å². The van der Waals surface area contributed by atoms with Crippen molar-refractivity contribution in [3.05, 3.63) is 28.8 Å². The molecule has 1 heterocycles. The molecule has 1 aromatic rings. The van der Waals surface area contributed by atoms with Crippen molar-refractivity contribution < 1.29 is 14.6 Å². The van der Waals surface area contributed by atoms with Gasteiger partial charge in [-0.3, -0.25) is 0 Å². The first-order valence-electron chi connectivity index (χ1n) is 4.87. The quantitative estimate of drug-likeness (QED) is 0.669. The Bertz CT molecular complexity index is 401. The number of carbonyl (C=O) groups is 1. The Hall–Kier alpha value is -1.55. The van der Waals surface area contributed by atoms with E-state index in [1.165, 1.54) is 7.11 Å². The molecule has 0 fully saturated rings. The van der Waals surface area contributed by atoms with Gasteiger partial charge in [0.1, 0.15) is 5.75 Å². The Morgan fingerprint density at radius 1 is 1.47 bits per heavy atom. The van der Waals surface area contributed by atoms with Gasteiger partial charge < -0.3 is 15.2 Å². The van der Waals surface area contributed by atoms with E-state index in [0.717, 1.165) is 24.1 Å². The number of benzene rings is 1. The molecule has 0 bridgehead atoms. The predicted molar refractivity (Wildman–Crippen MR) is 54.9 cm³/mol. The van der Waals surface area contributed by atoms with Gasteiger partial charge >= 0.3 is 5.97 Å². The fraction of sp³-hybridized carbons (Fsp3) is 0.364. The van der Waals surface area contributed by atoms with Gasteiger partial charge in [0.25, 0.3) is 0 Å². The molecule has 1 aliphatic rings. The molecule has 4 heteroatoms. The molecule has 0 aromatic heterocycles. The molecule has 0 saturated heterocycles. The van der Waals surface area contributed by atoms with Gasteiger partial charge in [0.15, 0.2) is 0 Å². The second-order valence-electron chi connectivity index (χ2n) is 3.51. The van der Waals surface area contributed by atoms with Crippen LogP contribution in [-0.4, -0.2) is 24.7 Å². The van der Waals surface area contributed by atoms with E-state index >= 15 is 0 Å². The second kappa shape index (κ2) is 3.90. The molecule has 1 aromatic carbocycles. The molecule has 15 heavy (non-hydrogen) atoms. The highest BCUT2D eigenvalue weighted by molar-refractivity contribution is 5.91. The zero-order chi connectivity index (χ0) is 10.8. The minimum atomic E-state index is -0.352. The number of carbonyl (C=O) groups excluding carboxylic acids is 1. The molecule has 0 aliphatic carbocycles. The smallest absolute Gasteiger partial charge is 0.338 e. The van der Waals surface area contributed by atoms with Crippen LogP contribution >= 0.6 is 0 Å². The maximum absolute atomic E-state index is 11.5. The Labute approximate surface area is 87.9 Å². The van der Waals surface area contributed by atoms with Crippen LogP contribution in [0.2, 0.25) is 0 Å². The maximum atomic E-state index is 11.5. The maximum Gasteiger partial charge on any atom is 0.338 e. The van der Waals surface area contributed by atoms with Crippen molar-refractivity contribution in [1.82, 2.24) is 5.32 Å². The lowest BCUT2D eigenvalue weighted by atomic mass is 9.95. The van der Waals surface area contributed by atoms with Gasteiger partial charge in [0, 0.05) is 12.1 Å². The van der Waals surface area contributed by atoms with Crippen LogP contribution in [0, 0.1) is 0 Å². The molecule has 0 radical (unpaired) electrons. The van der Waals surface area contributed by atoms with Crippen molar-refractivity contribution in [1.29, 1.82) is 0 Å². The van der Waals surface area contributed by atoms with E-state index in [4.69, 9.17) is 4.74 Å². The van der Waals surface area contributed by atoms with Crippen molar-refractivity contribution in [2.24, 2.45) is 0 Å². The number of fused-ring (bicyclic) bond motifs is 1. The standard InChI is InChI=1S/C11H13NO3/c1-15-11(14)8-2-3-10(13)7-4-5-12-6-9(7)8/h2-3,12-13H,4-6H2,1H3. The number of methoxy groups -OCH3 is 1.